The van der Waals surface area contributed by atoms with Gasteiger partial charge in [-0.1, -0.05) is 13.3 Å². The molecule has 0 aromatic carbocycles. The molecule has 0 spiro atoms. The van der Waals surface area contributed by atoms with Crippen LogP contribution in [0.5, 0.6) is 0 Å². The monoisotopic (exact) mass is 265 g/mol. The molecule has 7 heteroatoms. The van der Waals surface area contributed by atoms with Crippen molar-refractivity contribution in [3.8, 4) is 0 Å². The summed E-state index contributed by atoms with van der Waals surface area (Å²) in [4.78, 5) is 10.7. The van der Waals surface area contributed by atoms with E-state index >= 15 is 0 Å². The van der Waals surface area contributed by atoms with Crippen molar-refractivity contribution in [2.24, 2.45) is 0 Å². The van der Waals surface area contributed by atoms with Crippen LogP contribution in [-0.2, 0) is 19.6 Å². The van der Waals surface area contributed by atoms with Crippen molar-refractivity contribution in [1.82, 2.24) is 4.31 Å². The Morgan fingerprint density at radius 2 is 2.24 bits per heavy atom. The molecule has 1 atom stereocenters. The molecule has 0 aliphatic carbocycles. The van der Waals surface area contributed by atoms with Crippen LogP contribution in [0, 0.1) is 0 Å². The molecular formula is C10H19NO5S. The summed E-state index contributed by atoms with van der Waals surface area (Å²) in [5.41, 5.74) is 0. The lowest BCUT2D eigenvalue weighted by Crippen LogP contribution is -2.50. The van der Waals surface area contributed by atoms with E-state index in [9.17, 15) is 13.2 Å². The summed E-state index contributed by atoms with van der Waals surface area (Å²) in [5.74, 6) is -0.921. The normalized spacial score (nSPS) is 22.5. The number of carboxylic acid groups (broad SMARTS) is 1. The fourth-order valence-electron chi connectivity index (χ4n) is 1.81. The summed E-state index contributed by atoms with van der Waals surface area (Å²) in [5, 5.41) is 8.75. The summed E-state index contributed by atoms with van der Waals surface area (Å²) in [6, 6.07) is -0.567. The fourth-order valence-corrected chi connectivity index (χ4v) is 3.64. The minimum Gasteiger partial charge on any atom is -0.481 e. The van der Waals surface area contributed by atoms with Gasteiger partial charge < -0.3 is 9.84 Å². The van der Waals surface area contributed by atoms with Gasteiger partial charge in [0.15, 0.2) is 0 Å². The number of hydrogen-bond acceptors (Lipinski definition) is 4. The predicted octanol–water partition coefficient (Wildman–Crippen LogP) is 0.292. The van der Waals surface area contributed by atoms with Crippen LogP contribution >= 0.6 is 0 Å². The Morgan fingerprint density at radius 1 is 1.53 bits per heavy atom. The van der Waals surface area contributed by atoms with Gasteiger partial charge >= 0.3 is 5.97 Å². The van der Waals surface area contributed by atoms with E-state index in [-0.39, 0.29) is 25.3 Å². The Kier molecular flexibility index (Phi) is 5.35. The van der Waals surface area contributed by atoms with E-state index in [1.165, 1.54) is 4.31 Å². The van der Waals surface area contributed by atoms with E-state index in [4.69, 9.17) is 9.84 Å². The van der Waals surface area contributed by atoms with Crippen molar-refractivity contribution in [2.75, 3.05) is 25.5 Å². The Balaban J connectivity index is 2.72. The van der Waals surface area contributed by atoms with Crippen LogP contribution in [0.25, 0.3) is 0 Å². The van der Waals surface area contributed by atoms with Crippen LogP contribution in [0.1, 0.15) is 26.2 Å². The smallest absolute Gasteiger partial charge is 0.305 e. The Labute approximate surface area is 102 Å². The Hall–Kier alpha value is -0.660. The minimum absolute atomic E-state index is 0.0830. The van der Waals surface area contributed by atoms with Gasteiger partial charge in [0.2, 0.25) is 10.0 Å². The maximum atomic E-state index is 12.0. The van der Waals surface area contributed by atoms with E-state index in [1.807, 2.05) is 6.92 Å². The number of carbonyl (C=O) groups is 1. The highest BCUT2D eigenvalue weighted by molar-refractivity contribution is 7.89. The van der Waals surface area contributed by atoms with Crippen molar-refractivity contribution in [3.05, 3.63) is 0 Å². The molecule has 1 aliphatic rings. The highest BCUT2D eigenvalue weighted by atomic mass is 32.2. The van der Waals surface area contributed by atoms with Crippen molar-refractivity contribution in [3.63, 3.8) is 0 Å². The second-order valence-electron chi connectivity index (χ2n) is 4.11. The van der Waals surface area contributed by atoms with Gasteiger partial charge in [-0.05, 0) is 6.42 Å². The molecule has 1 fully saturated rings. The highest BCUT2D eigenvalue weighted by Crippen LogP contribution is 2.16. The molecule has 1 unspecified atom stereocenters. The molecule has 1 aliphatic heterocycles. The zero-order chi connectivity index (χ0) is 12.9. The van der Waals surface area contributed by atoms with Crippen LogP contribution in [0.2, 0.25) is 0 Å². The number of ether oxygens (including phenoxy) is 1. The number of nitrogens with zero attached hydrogens (tertiary/aromatic N) is 1. The zero-order valence-electron chi connectivity index (χ0n) is 9.96. The van der Waals surface area contributed by atoms with Crippen LogP contribution in [0.15, 0.2) is 0 Å². The molecule has 0 aromatic rings. The van der Waals surface area contributed by atoms with Gasteiger partial charge in [0, 0.05) is 6.54 Å². The maximum Gasteiger partial charge on any atom is 0.305 e. The van der Waals surface area contributed by atoms with Crippen LogP contribution in [-0.4, -0.2) is 55.4 Å². The average molecular weight is 265 g/mol. The molecule has 0 saturated carbocycles. The molecule has 0 aromatic heterocycles. The number of hydrogen-bond donors (Lipinski definition) is 1. The first-order chi connectivity index (χ1) is 7.97. The van der Waals surface area contributed by atoms with Crippen LogP contribution < -0.4 is 0 Å². The second kappa shape index (κ2) is 6.32. The first kappa shape index (κ1) is 14.4. The lowest BCUT2D eigenvalue weighted by atomic mass is 10.2. The van der Waals surface area contributed by atoms with Gasteiger partial charge in [-0.3, -0.25) is 4.79 Å². The van der Waals surface area contributed by atoms with E-state index in [0.717, 1.165) is 6.42 Å². The molecular weight excluding hydrogens is 246 g/mol. The van der Waals surface area contributed by atoms with Gasteiger partial charge in [0.05, 0.1) is 31.4 Å². The lowest BCUT2D eigenvalue weighted by molar-refractivity contribution is -0.139. The summed E-state index contributed by atoms with van der Waals surface area (Å²) < 4.78 is 30.5. The van der Waals surface area contributed by atoms with Gasteiger partial charge in [0.25, 0.3) is 0 Å². The topological polar surface area (TPSA) is 83.9 Å². The standard InChI is InChI=1S/C10H19NO5S/c1-2-3-6-17(14,15)11-4-5-16-8-9(11)7-10(12)13/h9H,2-8H2,1H3,(H,12,13). The molecule has 1 heterocycles. The predicted molar refractivity (Wildman–Crippen MR) is 62.3 cm³/mol. The summed E-state index contributed by atoms with van der Waals surface area (Å²) in [6.45, 7) is 2.67. The van der Waals surface area contributed by atoms with Gasteiger partial charge in [-0.15, -0.1) is 0 Å². The molecule has 17 heavy (non-hydrogen) atoms. The number of sulfonamides is 1. The van der Waals surface area contributed by atoms with E-state index in [1.54, 1.807) is 0 Å². The van der Waals surface area contributed by atoms with Crippen molar-refractivity contribution < 1.29 is 23.1 Å². The van der Waals surface area contributed by atoms with Crippen molar-refractivity contribution >= 4 is 16.0 Å². The fraction of sp³-hybridized carbons (Fsp3) is 0.900. The number of morpholine rings is 1. The summed E-state index contributed by atoms with van der Waals surface area (Å²) >= 11 is 0. The highest BCUT2D eigenvalue weighted by Gasteiger charge is 2.33. The van der Waals surface area contributed by atoms with Crippen molar-refractivity contribution in [2.45, 2.75) is 32.2 Å². The summed E-state index contributed by atoms with van der Waals surface area (Å²) in [7, 11) is -3.35. The Morgan fingerprint density at radius 3 is 2.82 bits per heavy atom. The maximum absolute atomic E-state index is 12.0. The molecule has 1 saturated heterocycles. The molecule has 1 rings (SSSR count). The first-order valence-corrected chi connectivity index (χ1v) is 7.37. The van der Waals surface area contributed by atoms with Gasteiger partial charge in [-0.2, -0.15) is 4.31 Å². The summed E-state index contributed by atoms with van der Waals surface area (Å²) in [6.07, 6.45) is 1.19. The van der Waals surface area contributed by atoms with E-state index in [2.05, 4.69) is 0 Å². The molecule has 0 bridgehead atoms. The third-order valence-corrected chi connectivity index (χ3v) is 4.70. The number of carboxylic acids is 1. The van der Waals surface area contributed by atoms with E-state index < -0.39 is 22.0 Å². The Bertz CT molecular complexity index is 354. The quantitative estimate of drug-likeness (QED) is 0.746. The minimum atomic E-state index is -3.35. The number of aliphatic carboxylic acids is 1. The third-order valence-electron chi connectivity index (χ3n) is 2.70. The first-order valence-electron chi connectivity index (χ1n) is 5.76. The SMILES string of the molecule is CCCCS(=O)(=O)N1CCOCC1CC(=O)O. The largest absolute Gasteiger partial charge is 0.481 e. The molecule has 100 valence electrons. The zero-order valence-corrected chi connectivity index (χ0v) is 10.8. The molecule has 0 amide bonds. The van der Waals surface area contributed by atoms with Gasteiger partial charge in [-0.25, -0.2) is 8.42 Å². The number of unbranched alkanes of at least 4 members (excludes halogenated alkanes) is 1. The molecule has 0 radical (unpaired) electrons. The lowest BCUT2D eigenvalue weighted by Gasteiger charge is -2.33. The van der Waals surface area contributed by atoms with Gasteiger partial charge in [0.1, 0.15) is 0 Å². The molecule has 1 N–H and O–H groups in total. The molecule has 6 nitrogen and oxygen atoms in total. The average Bonchev–Trinajstić information content (AvgIpc) is 2.26. The second-order valence-corrected chi connectivity index (χ2v) is 6.15. The van der Waals surface area contributed by atoms with E-state index in [0.29, 0.717) is 13.0 Å². The third kappa shape index (κ3) is 4.25. The van der Waals surface area contributed by atoms with Crippen molar-refractivity contribution in [1.29, 1.82) is 0 Å². The van der Waals surface area contributed by atoms with Crippen LogP contribution in [0.3, 0.4) is 0 Å². The number of rotatable bonds is 6. The van der Waals surface area contributed by atoms with Crippen LogP contribution in [0.4, 0.5) is 0 Å².